The summed E-state index contributed by atoms with van der Waals surface area (Å²) in [5, 5.41) is 7.35. The van der Waals surface area contributed by atoms with E-state index in [-0.39, 0.29) is 18.2 Å². The first kappa shape index (κ1) is 22.2. The van der Waals surface area contributed by atoms with Crippen molar-refractivity contribution in [1.29, 1.82) is 0 Å². The van der Waals surface area contributed by atoms with E-state index in [0.717, 1.165) is 5.56 Å². The maximum atomic E-state index is 12.1. The van der Waals surface area contributed by atoms with Crippen LogP contribution in [-0.2, 0) is 11.2 Å². The lowest BCUT2D eigenvalue weighted by Gasteiger charge is -2.10. The van der Waals surface area contributed by atoms with Crippen LogP contribution in [0.5, 0.6) is 11.5 Å². The quantitative estimate of drug-likeness (QED) is 0.484. The topological polar surface area (TPSA) is 89.0 Å². The monoisotopic (exact) mass is 417 g/mol. The largest absolute Gasteiger partial charge is 0.493 e. The fraction of sp³-hybridized carbons (Fsp3) is 0.286. The molecule has 0 heterocycles. The van der Waals surface area contributed by atoms with Crippen LogP contribution in [0.15, 0.2) is 47.6 Å². The van der Waals surface area contributed by atoms with E-state index < -0.39 is 0 Å². The number of ether oxygens (including phenoxy) is 2. The molecule has 0 aliphatic carbocycles. The van der Waals surface area contributed by atoms with E-state index in [1.165, 1.54) is 0 Å². The average molecular weight is 418 g/mol. The molecule has 0 spiro atoms. The maximum Gasteiger partial charge on any atom is 0.271 e. The summed E-state index contributed by atoms with van der Waals surface area (Å²) >= 11 is 5.80. The molecule has 0 aliphatic heterocycles. The minimum absolute atomic E-state index is 0.0901. The predicted molar refractivity (Wildman–Crippen MR) is 113 cm³/mol. The zero-order valence-electron chi connectivity index (χ0n) is 16.6. The summed E-state index contributed by atoms with van der Waals surface area (Å²) in [7, 11) is 3.16. The van der Waals surface area contributed by atoms with Crippen molar-refractivity contribution in [2.75, 3.05) is 20.8 Å². The number of methoxy groups -OCH3 is 2. The Hall–Kier alpha value is -3.06. The third-order valence-electron chi connectivity index (χ3n) is 4.05. The Balaban J connectivity index is 1.77. The van der Waals surface area contributed by atoms with Gasteiger partial charge in [-0.2, -0.15) is 5.10 Å². The van der Waals surface area contributed by atoms with E-state index in [4.69, 9.17) is 21.1 Å². The van der Waals surface area contributed by atoms with E-state index in [2.05, 4.69) is 15.8 Å². The molecule has 154 valence electrons. The molecule has 0 fully saturated rings. The molecule has 8 heteroatoms. The van der Waals surface area contributed by atoms with E-state index >= 15 is 0 Å². The van der Waals surface area contributed by atoms with Crippen LogP contribution in [0.3, 0.4) is 0 Å². The molecule has 0 atom stereocenters. The Labute approximate surface area is 175 Å². The summed E-state index contributed by atoms with van der Waals surface area (Å²) in [6, 6.07) is 12.1. The Bertz CT molecular complexity index is 882. The van der Waals surface area contributed by atoms with Gasteiger partial charge in [0.1, 0.15) is 0 Å². The lowest BCUT2D eigenvalue weighted by Crippen LogP contribution is -2.28. The highest BCUT2D eigenvalue weighted by Crippen LogP contribution is 2.27. The molecule has 0 aliphatic rings. The van der Waals surface area contributed by atoms with Crippen molar-refractivity contribution >= 4 is 29.1 Å². The van der Waals surface area contributed by atoms with Gasteiger partial charge in [-0.3, -0.25) is 9.59 Å². The molecular formula is C21H24ClN3O4. The second-order valence-corrected chi connectivity index (χ2v) is 6.70. The second kappa shape index (κ2) is 11.1. The number of carbonyl (C=O) groups excluding carboxylic acids is 2. The van der Waals surface area contributed by atoms with E-state index in [9.17, 15) is 9.59 Å². The Morgan fingerprint density at radius 3 is 2.38 bits per heavy atom. The molecule has 0 saturated carbocycles. The Kier molecular flexibility index (Phi) is 8.48. The number of nitrogens with one attached hydrogen (secondary N) is 2. The Morgan fingerprint density at radius 2 is 1.72 bits per heavy atom. The average Bonchev–Trinajstić information content (AvgIpc) is 2.72. The van der Waals surface area contributed by atoms with Gasteiger partial charge in [-0.25, -0.2) is 5.43 Å². The van der Waals surface area contributed by atoms with Gasteiger partial charge in [0.05, 0.1) is 20.6 Å². The molecule has 0 aromatic heterocycles. The van der Waals surface area contributed by atoms with Gasteiger partial charge in [0.25, 0.3) is 5.91 Å². The van der Waals surface area contributed by atoms with E-state index in [0.29, 0.717) is 40.8 Å². The number of hydrogen-bond acceptors (Lipinski definition) is 5. The van der Waals surface area contributed by atoms with Gasteiger partial charge in [-0.15, -0.1) is 0 Å². The first-order valence-electron chi connectivity index (χ1n) is 8.99. The van der Waals surface area contributed by atoms with E-state index in [1.807, 2.05) is 18.2 Å². The number of rotatable bonds is 9. The highest BCUT2D eigenvalue weighted by Gasteiger charge is 2.08. The van der Waals surface area contributed by atoms with Crippen LogP contribution in [0, 0.1) is 0 Å². The third kappa shape index (κ3) is 7.12. The molecule has 2 aromatic rings. The van der Waals surface area contributed by atoms with Crippen molar-refractivity contribution in [3.8, 4) is 11.5 Å². The molecule has 7 nitrogen and oxygen atoms in total. The standard InChI is InChI=1S/C21H24ClN3O4/c1-14(24-25-21(27)16-5-7-17(22)8-6-16)12-20(26)23-11-10-15-4-9-18(28-2)19(13-15)29-3/h4-9,13H,10-12H2,1-3H3,(H,23,26)(H,25,27)/b24-14-. The lowest BCUT2D eigenvalue weighted by atomic mass is 10.1. The highest BCUT2D eigenvalue weighted by molar-refractivity contribution is 6.30. The zero-order valence-corrected chi connectivity index (χ0v) is 17.4. The second-order valence-electron chi connectivity index (χ2n) is 6.26. The van der Waals surface area contributed by atoms with Crippen LogP contribution >= 0.6 is 11.6 Å². The first-order chi connectivity index (χ1) is 13.9. The summed E-state index contributed by atoms with van der Waals surface area (Å²) in [6.45, 7) is 2.15. The van der Waals surface area contributed by atoms with Gasteiger partial charge < -0.3 is 14.8 Å². The summed E-state index contributed by atoms with van der Waals surface area (Å²) in [6.07, 6.45) is 0.739. The van der Waals surface area contributed by atoms with Gasteiger partial charge in [0.2, 0.25) is 5.91 Å². The number of amides is 2. The van der Waals surface area contributed by atoms with Crippen molar-refractivity contribution in [2.45, 2.75) is 19.8 Å². The minimum Gasteiger partial charge on any atom is -0.493 e. The predicted octanol–water partition coefficient (Wildman–Crippen LogP) is 3.21. The minimum atomic E-state index is -0.366. The van der Waals surface area contributed by atoms with Crippen LogP contribution < -0.4 is 20.2 Å². The first-order valence-corrected chi connectivity index (χ1v) is 9.37. The fourth-order valence-electron chi connectivity index (χ4n) is 2.53. The number of benzene rings is 2. The number of nitrogens with zero attached hydrogens (tertiary/aromatic N) is 1. The molecule has 0 radical (unpaired) electrons. The molecule has 2 N–H and O–H groups in total. The lowest BCUT2D eigenvalue weighted by molar-refractivity contribution is -0.119. The van der Waals surface area contributed by atoms with Crippen LogP contribution in [0.25, 0.3) is 0 Å². The van der Waals surface area contributed by atoms with Crippen molar-refractivity contribution < 1.29 is 19.1 Å². The summed E-state index contributed by atoms with van der Waals surface area (Å²) in [5.41, 5.74) is 4.38. The van der Waals surface area contributed by atoms with Crippen LogP contribution in [0.4, 0.5) is 0 Å². The van der Waals surface area contributed by atoms with Gasteiger partial charge in [0.15, 0.2) is 11.5 Å². The van der Waals surface area contributed by atoms with Crippen LogP contribution in [0.1, 0.15) is 29.3 Å². The van der Waals surface area contributed by atoms with Crippen molar-refractivity contribution in [1.82, 2.24) is 10.7 Å². The molecule has 2 amide bonds. The van der Waals surface area contributed by atoms with Gasteiger partial charge in [0, 0.05) is 22.8 Å². The SMILES string of the molecule is COc1ccc(CCNC(=O)C/C(C)=N\NC(=O)c2ccc(Cl)cc2)cc1OC. The smallest absolute Gasteiger partial charge is 0.271 e. The normalized spacial score (nSPS) is 11.0. The summed E-state index contributed by atoms with van der Waals surface area (Å²) in [5.74, 6) is 0.769. The Morgan fingerprint density at radius 1 is 1.03 bits per heavy atom. The summed E-state index contributed by atoms with van der Waals surface area (Å²) in [4.78, 5) is 24.0. The number of hydrogen-bond donors (Lipinski definition) is 2. The molecule has 0 unspecified atom stereocenters. The fourth-order valence-corrected chi connectivity index (χ4v) is 2.65. The van der Waals surface area contributed by atoms with E-state index in [1.54, 1.807) is 45.4 Å². The molecule has 0 bridgehead atoms. The van der Waals surface area contributed by atoms with Crippen LogP contribution in [0.2, 0.25) is 5.02 Å². The molecule has 2 aromatic carbocycles. The summed E-state index contributed by atoms with van der Waals surface area (Å²) < 4.78 is 10.5. The van der Waals surface area contributed by atoms with Gasteiger partial charge in [-0.05, 0) is 55.3 Å². The molecule has 2 rings (SSSR count). The maximum absolute atomic E-state index is 12.1. The number of carbonyl (C=O) groups is 2. The molecule has 0 saturated heterocycles. The molecule has 29 heavy (non-hydrogen) atoms. The van der Waals surface area contributed by atoms with Crippen molar-refractivity contribution in [3.05, 3.63) is 58.6 Å². The van der Waals surface area contributed by atoms with Crippen molar-refractivity contribution in [3.63, 3.8) is 0 Å². The highest BCUT2D eigenvalue weighted by atomic mass is 35.5. The molecular weight excluding hydrogens is 394 g/mol. The van der Waals surface area contributed by atoms with Crippen LogP contribution in [-0.4, -0.2) is 38.3 Å². The number of hydrazone groups is 1. The van der Waals surface area contributed by atoms with Crippen molar-refractivity contribution in [2.24, 2.45) is 5.10 Å². The van der Waals surface area contributed by atoms with Gasteiger partial charge in [-0.1, -0.05) is 17.7 Å². The van der Waals surface area contributed by atoms with Gasteiger partial charge >= 0.3 is 0 Å². The zero-order chi connectivity index (χ0) is 21.2. The number of halogens is 1. The third-order valence-corrected chi connectivity index (χ3v) is 4.31.